The summed E-state index contributed by atoms with van der Waals surface area (Å²) in [6.45, 7) is 9.58. The smallest absolute Gasteiger partial charge is 0.264 e. The number of hydrogen-bond acceptors (Lipinski definition) is 4. The first-order chi connectivity index (χ1) is 16.9. The number of carbonyl (C=O) groups excluding carboxylic acids is 1. The largest absolute Gasteiger partial charge is 0.496 e. The van der Waals surface area contributed by atoms with Gasteiger partial charge in [0.15, 0.2) is 0 Å². The molecule has 36 heavy (non-hydrogen) atoms. The molecule has 0 aromatic heterocycles. The molecule has 0 heterocycles. The number of sulfonamides is 1. The molecule has 0 spiro atoms. The molecule has 3 aromatic rings. The molecule has 192 valence electrons. The van der Waals surface area contributed by atoms with Crippen LogP contribution in [0.15, 0.2) is 70.0 Å². The molecule has 8 heteroatoms. The van der Waals surface area contributed by atoms with E-state index in [1.807, 2.05) is 26.8 Å². The second-order valence-corrected chi connectivity index (χ2v) is 12.0. The highest BCUT2D eigenvalue weighted by molar-refractivity contribution is 9.10. The lowest BCUT2D eigenvalue weighted by Crippen LogP contribution is -2.41. The lowest BCUT2D eigenvalue weighted by Gasteiger charge is -2.26. The maximum Gasteiger partial charge on any atom is 0.264 e. The average Bonchev–Trinajstić information content (AvgIpc) is 2.82. The molecule has 0 saturated heterocycles. The molecule has 3 aromatic carbocycles. The van der Waals surface area contributed by atoms with Crippen LogP contribution in [0.3, 0.4) is 0 Å². The van der Waals surface area contributed by atoms with Crippen molar-refractivity contribution in [3.8, 4) is 5.75 Å². The number of methoxy groups -OCH3 is 1. The Morgan fingerprint density at radius 1 is 1.00 bits per heavy atom. The van der Waals surface area contributed by atoms with Gasteiger partial charge in [-0.05, 0) is 85.8 Å². The monoisotopic (exact) mass is 572 g/mol. The minimum absolute atomic E-state index is 0.126. The lowest BCUT2D eigenvalue weighted by molar-refractivity contribution is -0.120. The third-order valence-electron chi connectivity index (χ3n) is 6.08. The minimum atomic E-state index is -3.98. The summed E-state index contributed by atoms with van der Waals surface area (Å²) in [5.41, 5.74) is 4.35. The molecular formula is C28H33BrN2O4S. The van der Waals surface area contributed by atoms with Crippen LogP contribution in [0.1, 0.15) is 55.0 Å². The Kier molecular flexibility index (Phi) is 8.84. The third kappa shape index (κ3) is 6.28. The molecule has 0 bridgehead atoms. The summed E-state index contributed by atoms with van der Waals surface area (Å²) in [4.78, 5) is 13.4. The Labute approximate surface area is 222 Å². The van der Waals surface area contributed by atoms with Gasteiger partial charge in [0.2, 0.25) is 5.91 Å². The van der Waals surface area contributed by atoms with Crippen LogP contribution >= 0.6 is 15.9 Å². The summed E-state index contributed by atoms with van der Waals surface area (Å²) in [7, 11) is -2.33. The molecule has 0 aliphatic carbocycles. The van der Waals surface area contributed by atoms with E-state index in [4.69, 9.17) is 4.74 Å². The summed E-state index contributed by atoms with van der Waals surface area (Å²) in [5.74, 6) is 0.656. The van der Waals surface area contributed by atoms with E-state index in [-0.39, 0.29) is 23.4 Å². The van der Waals surface area contributed by atoms with E-state index in [1.165, 1.54) is 0 Å². The average molecular weight is 574 g/mol. The zero-order chi connectivity index (χ0) is 26.6. The molecule has 3 rings (SSSR count). The Morgan fingerprint density at radius 3 is 2.25 bits per heavy atom. The number of amides is 1. The normalized spacial score (nSPS) is 12.3. The standard InChI is InChI=1S/C28H33BrN2O4S/c1-18(2)25-16-26(20(4)14-27(25)35-6)21(5)30-28(32)17-31(23-9-7-8-22(29)15-23)36(33,34)24-12-10-19(3)11-13-24/h7-16,18,21H,17H2,1-6H3,(H,30,32)/t21-/m0/s1. The molecule has 6 nitrogen and oxygen atoms in total. The van der Waals surface area contributed by atoms with E-state index in [9.17, 15) is 13.2 Å². The van der Waals surface area contributed by atoms with Crippen molar-refractivity contribution in [2.24, 2.45) is 0 Å². The maximum atomic E-state index is 13.6. The maximum absolute atomic E-state index is 13.6. The molecule has 0 saturated carbocycles. The van der Waals surface area contributed by atoms with Gasteiger partial charge in [0, 0.05) is 4.47 Å². The Hall–Kier alpha value is -2.84. The van der Waals surface area contributed by atoms with Gasteiger partial charge in [0.1, 0.15) is 12.3 Å². The number of rotatable bonds is 9. The van der Waals surface area contributed by atoms with Gasteiger partial charge in [-0.25, -0.2) is 8.42 Å². The Balaban J connectivity index is 1.92. The zero-order valence-corrected chi connectivity index (χ0v) is 23.9. The fourth-order valence-corrected chi connectivity index (χ4v) is 5.89. The second kappa shape index (κ2) is 11.5. The molecule has 0 radical (unpaired) electrons. The van der Waals surface area contributed by atoms with Crippen molar-refractivity contribution in [2.75, 3.05) is 18.0 Å². The molecule has 0 fully saturated rings. The van der Waals surface area contributed by atoms with E-state index >= 15 is 0 Å². The molecule has 1 atom stereocenters. The van der Waals surface area contributed by atoms with Crippen LogP contribution in [0.4, 0.5) is 5.69 Å². The number of carbonyl (C=O) groups is 1. The van der Waals surface area contributed by atoms with Gasteiger partial charge in [0.25, 0.3) is 10.0 Å². The van der Waals surface area contributed by atoms with E-state index < -0.39 is 15.9 Å². The summed E-state index contributed by atoms with van der Waals surface area (Å²) in [5, 5.41) is 2.99. The first-order valence-electron chi connectivity index (χ1n) is 11.8. The molecule has 1 N–H and O–H groups in total. The summed E-state index contributed by atoms with van der Waals surface area (Å²) in [6, 6.07) is 17.2. The second-order valence-electron chi connectivity index (χ2n) is 9.20. The van der Waals surface area contributed by atoms with Crippen LogP contribution in [0, 0.1) is 13.8 Å². The number of ether oxygens (including phenoxy) is 1. The summed E-state index contributed by atoms with van der Waals surface area (Å²) in [6.07, 6.45) is 0. The highest BCUT2D eigenvalue weighted by Gasteiger charge is 2.28. The molecule has 0 unspecified atom stereocenters. The van der Waals surface area contributed by atoms with E-state index in [0.717, 1.165) is 32.3 Å². The number of nitrogens with zero attached hydrogens (tertiary/aromatic N) is 1. The van der Waals surface area contributed by atoms with Crippen LogP contribution in [-0.4, -0.2) is 28.0 Å². The highest BCUT2D eigenvalue weighted by atomic mass is 79.9. The number of nitrogens with one attached hydrogen (secondary N) is 1. The van der Waals surface area contributed by atoms with Crippen molar-refractivity contribution in [3.63, 3.8) is 0 Å². The fraction of sp³-hybridized carbons (Fsp3) is 0.321. The zero-order valence-electron chi connectivity index (χ0n) is 21.5. The highest BCUT2D eigenvalue weighted by Crippen LogP contribution is 2.32. The van der Waals surface area contributed by atoms with E-state index in [0.29, 0.717) is 10.2 Å². The third-order valence-corrected chi connectivity index (χ3v) is 8.36. The molecule has 1 amide bonds. The van der Waals surface area contributed by atoms with Crippen molar-refractivity contribution in [1.82, 2.24) is 5.32 Å². The minimum Gasteiger partial charge on any atom is -0.496 e. The van der Waals surface area contributed by atoms with Crippen LogP contribution in [0.5, 0.6) is 5.75 Å². The number of anilines is 1. The van der Waals surface area contributed by atoms with Crippen molar-refractivity contribution in [2.45, 2.75) is 51.5 Å². The fourth-order valence-electron chi connectivity index (χ4n) is 4.09. The number of halogens is 1. The van der Waals surface area contributed by atoms with Gasteiger partial charge in [0.05, 0.1) is 23.7 Å². The molecule has 0 aliphatic rings. The van der Waals surface area contributed by atoms with E-state index in [1.54, 1.807) is 55.6 Å². The Morgan fingerprint density at radius 2 is 1.67 bits per heavy atom. The van der Waals surface area contributed by atoms with Crippen LogP contribution in [-0.2, 0) is 14.8 Å². The number of benzene rings is 3. The predicted molar refractivity (Wildman–Crippen MR) is 148 cm³/mol. The predicted octanol–water partition coefficient (Wildman–Crippen LogP) is 6.27. The van der Waals surface area contributed by atoms with Crippen LogP contribution in [0.2, 0.25) is 0 Å². The van der Waals surface area contributed by atoms with Crippen LogP contribution in [0.25, 0.3) is 0 Å². The van der Waals surface area contributed by atoms with Crippen molar-refractivity contribution in [1.29, 1.82) is 0 Å². The van der Waals surface area contributed by atoms with Gasteiger partial charge < -0.3 is 10.1 Å². The van der Waals surface area contributed by atoms with Gasteiger partial charge in [-0.15, -0.1) is 0 Å². The quantitative estimate of drug-likeness (QED) is 0.328. The summed E-state index contributed by atoms with van der Waals surface area (Å²) < 4.78 is 34.6. The summed E-state index contributed by atoms with van der Waals surface area (Å²) >= 11 is 3.41. The van der Waals surface area contributed by atoms with Crippen molar-refractivity contribution >= 4 is 37.5 Å². The van der Waals surface area contributed by atoms with Crippen molar-refractivity contribution < 1.29 is 17.9 Å². The van der Waals surface area contributed by atoms with Gasteiger partial charge in [-0.1, -0.05) is 53.5 Å². The molecule has 0 aliphatic heterocycles. The number of aryl methyl sites for hydroxylation is 2. The first kappa shape index (κ1) is 27.7. The van der Waals surface area contributed by atoms with E-state index in [2.05, 4.69) is 41.2 Å². The van der Waals surface area contributed by atoms with Crippen LogP contribution < -0.4 is 14.4 Å². The lowest BCUT2D eigenvalue weighted by atomic mass is 9.93. The Bertz CT molecular complexity index is 1340. The SMILES string of the molecule is COc1cc(C)c([C@H](C)NC(=O)CN(c2cccc(Br)c2)S(=O)(=O)c2ccc(C)cc2)cc1C(C)C. The van der Waals surface area contributed by atoms with Gasteiger partial charge in [-0.2, -0.15) is 0 Å². The van der Waals surface area contributed by atoms with Crippen molar-refractivity contribution in [3.05, 3.63) is 87.4 Å². The first-order valence-corrected chi connectivity index (χ1v) is 14.0. The topological polar surface area (TPSA) is 75.7 Å². The van der Waals surface area contributed by atoms with Gasteiger partial charge >= 0.3 is 0 Å². The molecular weight excluding hydrogens is 540 g/mol. The number of hydrogen-bond donors (Lipinski definition) is 1. The van der Waals surface area contributed by atoms with Gasteiger partial charge in [-0.3, -0.25) is 9.10 Å².